The molecular weight excluding hydrogens is 372 g/mol. The van der Waals surface area contributed by atoms with E-state index in [1.807, 2.05) is 34.9 Å². The molecule has 2 heterocycles. The second-order valence-electron chi connectivity index (χ2n) is 6.56. The second kappa shape index (κ2) is 8.07. The van der Waals surface area contributed by atoms with Crippen molar-refractivity contribution in [1.82, 2.24) is 4.57 Å². The van der Waals surface area contributed by atoms with Gasteiger partial charge in [-0.25, -0.2) is 4.79 Å². The van der Waals surface area contributed by atoms with Crippen LogP contribution in [-0.4, -0.2) is 35.6 Å². The summed E-state index contributed by atoms with van der Waals surface area (Å²) in [5, 5.41) is 9.60. The Morgan fingerprint density at radius 1 is 1.14 bits per heavy atom. The maximum atomic E-state index is 12.7. The van der Waals surface area contributed by atoms with Crippen LogP contribution in [0.2, 0.25) is 0 Å². The first kappa shape index (κ1) is 18.6. The van der Waals surface area contributed by atoms with Gasteiger partial charge in [0.2, 0.25) is 11.9 Å². The van der Waals surface area contributed by atoms with E-state index >= 15 is 0 Å². The fourth-order valence-electron chi connectivity index (χ4n) is 3.27. The van der Waals surface area contributed by atoms with Gasteiger partial charge in [-0.05, 0) is 18.2 Å². The highest BCUT2D eigenvalue weighted by Crippen LogP contribution is 2.31. The number of carbonyl (C=O) groups is 2. The number of hydrogen-bond donors (Lipinski definition) is 0. The molecule has 1 aliphatic heterocycles. The standard InChI is InChI=1S/C22H18N2O5/c23-10-5-11-24-12-16(15-6-1-2-7-17(15)24)18(25)13-28-22(26)21-14-27-19-8-3-4-9-20(19)29-21/h1-4,6-9,12,21H,5,11,13-14H2/t21-/m1/s1. The molecule has 0 saturated heterocycles. The number of hydrogen-bond acceptors (Lipinski definition) is 6. The Labute approximate surface area is 167 Å². The summed E-state index contributed by atoms with van der Waals surface area (Å²) in [6.07, 6.45) is 1.12. The van der Waals surface area contributed by atoms with Crippen molar-refractivity contribution >= 4 is 22.7 Å². The Morgan fingerprint density at radius 2 is 1.90 bits per heavy atom. The molecule has 3 aromatic rings. The van der Waals surface area contributed by atoms with Gasteiger partial charge in [0.25, 0.3) is 0 Å². The molecule has 0 N–H and O–H groups in total. The fraction of sp³-hybridized carbons (Fsp3) is 0.227. The summed E-state index contributed by atoms with van der Waals surface area (Å²) in [7, 11) is 0. The van der Waals surface area contributed by atoms with Crippen LogP contribution in [0.1, 0.15) is 16.8 Å². The van der Waals surface area contributed by atoms with Gasteiger partial charge >= 0.3 is 5.97 Å². The summed E-state index contributed by atoms with van der Waals surface area (Å²) in [6, 6.07) is 16.6. The lowest BCUT2D eigenvalue weighted by Gasteiger charge is -2.24. The number of rotatable bonds is 6. The number of benzene rings is 2. The van der Waals surface area contributed by atoms with Crippen molar-refractivity contribution in [2.45, 2.75) is 19.1 Å². The van der Waals surface area contributed by atoms with Crippen molar-refractivity contribution in [2.24, 2.45) is 0 Å². The Kier molecular flexibility index (Phi) is 5.16. The van der Waals surface area contributed by atoms with E-state index in [1.165, 1.54) is 0 Å². The number of aryl methyl sites for hydroxylation is 1. The normalized spacial score (nSPS) is 14.9. The number of ether oxygens (including phenoxy) is 3. The zero-order chi connectivity index (χ0) is 20.2. The molecule has 4 rings (SSSR count). The number of Topliss-reactive ketones (excluding diaryl/α,β-unsaturated/α-hetero) is 1. The molecule has 1 aromatic heterocycles. The van der Waals surface area contributed by atoms with Crippen LogP contribution in [0.4, 0.5) is 0 Å². The number of para-hydroxylation sites is 3. The molecule has 7 nitrogen and oxygen atoms in total. The summed E-state index contributed by atoms with van der Waals surface area (Å²) in [5.41, 5.74) is 1.32. The first-order valence-electron chi connectivity index (χ1n) is 9.20. The van der Waals surface area contributed by atoms with Crippen molar-refractivity contribution in [3.05, 3.63) is 60.3 Å². The SMILES string of the molecule is N#CCCn1cc(C(=O)COC(=O)[C@H]2COc3ccccc3O2)c2ccccc21. The van der Waals surface area contributed by atoms with E-state index in [2.05, 4.69) is 6.07 Å². The van der Waals surface area contributed by atoms with Crippen molar-refractivity contribution in [1.29, 1.82) is 5.26 Å². The maximum absolute atomic E-state index is 12.7. The van der Waals surface area contributed by atoms with E-state index in [9.17, 15) is 9.59 Å². The largest absolute Gasteiger partial charge is 0.485 e. The van der Waals surface area contributed by atoms with Crippen molar-refractivity contribution in [3.63, 3.8) is 0 Å². The Balaban J connectivity index is 1.44. The number of esters is 1. The Hall–Kier alpha value is -3.79. The predicted molar refractivity (Wildman–Crippen MR) is 104 cm³/mol. The second-order valence-corrected chi connectivity index (χ2v) is 6.56. The van der Waals surface area contributed by atoms with Gasteiger partial charge in [0.05, 0.1) is 12.5 Å². The molecule has 1 atom stereocenters. The molecule has 1 aliphatic rings. The maximum Gasteiger partial charge on any atom is 0.351 e. The molecule has 2 aromatic carbocycles. The molecule has 0 radical (unpaired) electrons. The lowest BCUT2D eigenvalue weighted by atomic mass is 10.1. The average Bonchev–Trinajstić information content (AvgIpc) is 3.14. The lowest BCUT2D eigenvalue weighted by molar-refractivity contribution is -0.153. The van der Waals surface area contributed by atoms with Crippen LogP contribution in [0.3, 0.4) is 0 Å². The van der Waals surface area contributed by atoms with E-state index in [1.54, 1.807) is 24.4 Å². The minimum absolute atomic E-state index is 0.0253. The highest BCUT2D eigenvalue weighted by molar-refractivity contribution is 6.09. The van der Waals surface area contributed by atoms with Gasteiger partial charge in [-0.3, -0.25) is 4.79 Å². The van der Waals surface area contributed by atoms with E-state index in [0.717, 1.165) is 10.9 Å². The van der Waals surface area contributed by atoms with Gasteiger partial charge in [-0.1, -0.05) is 30.3 Å². The molecule has 146 valence electrons. The first-order chi connectivity index (χ1) is 14.2. The Morgan fingerprint density at radius 3 is 2.72 bits per heavy atom. The molecule has 0 spiro atoms. The van der Waals surface area contributed by atoms with Crippen LogP contribution in [0.15, 0.2) is 54.7 Å². The molecule has 0 aliphatic carbocycles. The van der Waals surface area contributed by atoms with Gasteiger partial charge in [0, 0.05) is 29.2 Å². The van der Waals surface area contributed by atoms with Crippen LogP contribution in [0.5, 0.6) is 11.5 Å². The summed E-state index contributed by atoms with van der Waals surface area (Å²) < 4.78 is 18.2. The number of aromatic nitrogens is 1. The minimum Gasteiger partial charge on any atom is -0.485 e. The topological polar surface area (TPSA) is 90.6 Å². The third-order valence-corrected chi connectivity index (χ3v) is 4.67. The summed E-state index contributed by atoms with van der Waals surface area (Å²) in [4.78, 5) is 25.0. The van der Waals surface area contributed by atoms with Crippen LogP contribution in [0.25, 0.3) is 10.9 Å². The van der Waals surface area contributed by atoms with Crippen LogP contribution >= 0.6 is 0 Å². The van der Waals surface area contributed by atoms with Crippen LogP contribution in [0, 0.1) is 11.3 Å². The summed E-state index contributed by atoms with van der Waals surface area (Å²) in [5.74, 6) is 0.0638. The molecule has 0 bridgehead atoms. The van der Waals surface area contributed by atoms with Crippen LogP contribution < -0.4 is 9.47 Å². The minimum atomic E-state index is -0.922. The van der Waals surface area contributed by atoms with Gasteiger partial charge in [-0.2, -0.15) is 5.26 Å². The number of ketones is 1. The van der Waals surface area contributed by atoms with E-state index in [-0.39, 0.29) is 12.4 Å². The number of nitriles is 1. The highest BCUT2D eigenvalue weighted by Gasteiger charge is 2.29. The van der Waals surface area contributed by atoms with E-state index < -0.39 is 18.7 Å². The zero-order valence-corrected chi connectivity index (χ0v) is 15.5. The molecule has 0 unspecified atom stereocenters. The quantitative estimate of drug-likeness (QED) is 0.474. The molecule has 0 fully saturated rings. The van der Waals surface area contributed by atoms with Crippen molar-refractivity contribution in [2.75, 3.05) is 13.2 Å². The van der Waals surface area contributed by atoms with Crippen LogP contribution in [-0.2, 0) is 16.1 Å². The molecule has 0 saturated carbocycles. The van der Waals surface area contributed by atoms with E-state index in [4.69, 9.17) is 19.5 Å². The summed E-state index contributed by atoms with van der Waals surface area (Å²) in [6.45, 7) is 0.112. The molecule has 29 heavy (non-hydrogen) atoms. The van der Waals surface area contributed by atoms with E-state index in [0.29, 0.717) is 30.0 Å². The Bertz CT molecular complexity index is 1110. The van der Waals surface area contributed by atoms with Gasteiger partial charge in [0.15, 0.2) is 18.1 Å². The molecular formula is C22H18N2O5. The smallest absolute Gasteiger partial charge is 0.351 e. The fourth-order valence-corrected chi connectivity index (χ4v) is 3.27. The first-order valence-corrected chi connectivity index (χ1v) is 9.20. The third kappa shape index (κ3) is 3.78. The highest BCUT2D eigenvalue weighted by atomic mass is 16.6. The lowest BCUT2D eigenvalue weighted by Crippen LogP contribution is -2.38. The zero-order valence-electron chi connectivity index (χ0n) is 15.5. The third-order valence-electron chi connectivity index (χ3n) is 4.67. The monoisotopic (exact) mass is 390 g/mol. The van der Waals surface area contributed by atoms with Gasteiger partial charge < -0.3 is 18.8 Å². The average molecular weight is 390 g/mol. The van der Waals surface area contributed by atoms with Gasteiger partial charge in [0.1, 0.15) is 6.61 Å². The number of carbonyl (C=O) groups excluding carboxylic acids is 2. The predicted octanol–water partition coefficient (Wildman–Crippen LogP) is 3.12. The van der Waals surface area contributed by atoms with Crippen molar-refractivity contribution < 1.29 is 23.8 Å². The summed E-state index contributed by atoms with van der Waals surface area (Å²) >= 11 is 0. The molecule has 0 amide bonds. The number of fused-ring (bicyclic) bond motifs is 2. The van der Waals surface area contributed by atoms with Crippen molar-refractivity contribution in [3.8, 4) is 17.6 Å². The number of nitrogens with zero attached hydrogens (tertiary/aromatic N) is 2. The van der Waals surface area contributed by atoms with Gasteiger partial charge in [-0.15, -0.1) is 0 Å². The molecule has 7 heteroatoms.